The first-order chi connectivity index (χ1) is 30.7. The number of hydrogen-bond donors (Lipinski definition) is 3. The fraction of sp³-hybridized carbons (Fsp3) is 0.553. The molecule has 3 aliphatic heterocycles. The van der Waals surface area contributed by atoms with Gasteiger partial charge in [0.1, 0.15) is 35.3 Å². The number of piperidine rings is 3. The molecule has 1 aliphatic carbocycles. The van der Waals surface area contributed by atoms with Gasteiger partial charge < -0.3 is 25.4 Å². The summed E-state index contributed by atoms with van der Waals surface area (Å²) in [6.07, 6.45) is 18.4. The molecule has 0 radical (unpaired) electrons. The van der Waals surface area contributed by atoms with Gasteiger partial charge in [-0.25, -0.2) is 14.6 Å². The summed E-state index contributed by atoms with van der Waals surface area (Å²) in [5.74, 6) is 2.06. The highest BCUT2D eigenvalue weighted by atomic mass is 16.5. The van der Waals surface area contributed by atoms with E-state index in [1.54, 1.807) is 0 Å². The van der Waals surface area contributed by atoms with Crippen molar-refractivity contribution >= 4 is 40.3 Å². The molecule has 1 atom stereocenters. The number of hydrogen-bond acceptors (Lipinski definition) is 13. The molecule has 3 saturated heterocycles. The van der Waals surface area contributed by atoms with E-state index in [1.165, 1.54) is 31.2 Å². The number of nitrogens with one attached hydrogen (secondary N) is 2. The van der Waals surface area contributed by atoms with Crippen molar-refractivity contribution in [1.29, 1.82) is 0 Å². The minimum Gasteiger partial charge on any atom is -0.383 e. The molecular formula is C47H60N12O4. The number of likely N-dealkylation sites (tertiary alicyclic amines) is 2. The van der Waals surface area contributed by atoms with Gasteiger partial charge in [-0.3, -0.25) is 29.7 Å². The summed E-state index contributed by atoms with van der Waals surface area (Å²) in [6, 6.07) is 8.16. The highest BCUT2D eigenvalue weighted by molar-refractivity contribution is 6.02. The summed E-state index contributed by atoms with van der Waals surface area (Å²) in [5.41, 5.74) is 12.9. The van der Waals surface area contributed by atoms with Crippen LogP contribution in [0.25, 0.3) is 33.7 Å². The Labute approximate surface area is 368 Å². The van der Waals surface area contributed by atoms with Crippen molar-refractivity contribution in [3.63, 3.8) is 0 Å². The highest BCUT2D eigenvalue weighted by Crippen LogP contribution is 2.48. The van der Waals surface area contributed by atoms with Crippen LogP contribution in [-0.4, -0.2) is 101 Å². The van der Waals surface area contributed by atoms with Crippen LogP contribution in [0.4, 0.5) is 11.5 Å². The molecule has 4 N–H and O–H groups in total. The second-order valence-corrected chi connectivity index (χ2v) is 18.3. The molecule has 0 spiro atoms. The number of amides is 3. The zero-order valence-corrected chi connectivity index (χ0v) is 36.6. The molecule has 4 fully saturated rings. The Bertz CT molecular complexity index is 2390. The van der Waals surface area contributed by atoms with Crippen LogP contribution in [0.3, 0.4) is 0 Å². The second kappa shape index (κ2) is 18.9. The van der Waals surface area contributed by atoms with E-state index in [2.05, 4.69) is 54.9 Å². The van der Waals surface area contributed by atoms with Gasteiger partial charge in [0.2, 0.25) is 17.7 Å². The number of rotatable bonds is 16. The topological polar surface area (TPSA) is 203 Å². The lowest BCUT2D eigenvalue weighted by Gasteiger charge is -2.32. The summed E-state index contributed by atoms with van der Waals surface area (Å²) in [4.78, 5) is 59.9. The third-order valence-corrected chi connectivity index (χ3v) is 13.5. The number of imide groups is 1. The monoisotopic (exact) mass is 856 g/mol. The molecule has 9 rings (SSSR count). The van der Waals surface area contributed by atoms with Crippen molar-refractivity contribution in [1.82, 2.24) is 50.0 Å². The number of nitrogens with zero attached hydrogens (tertiary/aromatic N) is 9. The summed E-state index contributed by atoms with van der Waals surface area (Å²) in [7, 11) is 0. The first-order valence-electron chi connectivity index (χ1n) is 23.2. The highest BCUT2D eigenvalue weighted by Gasteiger charge is 2.36. The maximum absolute atomic E-state index is 13.2. The first kappa shape index (κ1) is 42.5. The van der Waals surface area contributed by atoms with Gasteiger partial charge in [-0.05, 0) is 115 Å². The predicted octanol–water partition coefficient (Wildman–Crippen LogP) is 7.12. The SMILES string of the molecule is CC(C)n1nc(-c2noc(C3CC3)c2-c2cnc(C3CCN(C(=O)CCCCCCCN4CCC(c5ccc(NC6CCC(=O)NC6=O)cc5)CC4)CC3)cn2)c2c(N)ncnc21. The minimum atomic E-state index is -0.361. The average molecular weight is 857 g/mol. The number of benzene rings is 1. The largest absolute Gasteiger partial charge is 0.383 e. The van der Waals surface area contributed by atoms with Crippen LogP contribution in [0.1, 0.15) is 145 Å². The zero-order chi connectivity index (χ0) is 43.5. The standard InChI is InChI=1S/C47H60N12O4/c1-29(2)59-46-41(45(48)51-28-52-46)42(55-59)43-40(44(63-56-43)33-9-10-33)37-27-49-36(26-50-37)32-19-24-58(25-20-32)39(61)8-6-4-3-5-7-21-57-22-17-31(18-23-57)30-11-13-34(14-12-30)53-35-15-16-38(60)54-47(35)62/h11-14,26-29,31-33,35,53H,3-10,15-25H2,1-2H3,(H2,48,51,52)(H,54,60,62). The van der Waals surface area contributed by atoms with E-state index in [4.69, 9.17) is 25.3 Å². The third kappa shape index (κ3) is 9.60. The molecule has 332 valence electrons. The van der Waals surface area contributed by atoms with Crippen molar-refractivity contribution in [2.75, 3.05) is 43.8 Å². The molecule has 16 heteroatoms. The molecule has 4 aromatic heterocycles. The van der Waals surface area contributed by atoms with Gasteiger partial charge in [-0.15, -0.1) is 0 Å². The predicted molar refractivity (Wildman–Crippen MR) is 240 cm³/mol. The average Bonchev–Trinajstić information content (AvgIpc) is 3.92. The maximum Gasteiger partial charge on any atom is 0.249 e. The van der Waals surface area contributed by atoms with E-state index in [-0.39, 0.29) is 41.6 Å². The van der Waals surface area contributed by atoms with Gasteiger partial charge in [-0.2, -0.15) is 5.10 Å². The Morgan fingerprint density at radius 1 is 0.841 bits per heavy atom. The van der Waals surface area contributed by atoms with E-state index < -0.39 is 0 Å². The van der Waals surface area contributed by atoms with Crippen molar-refractivity contribution in [2.45, 2.75) is 134 Å². The van der Waals surface area contributed by atoms with Crippen molar-refractivity contribution < 1.29 is 18.9 Å². The van der Waals surface area contributed by atoms with E-state index >= 15 is 0 Å². The van der Waals surface area contributed by atoms with Crippen LogP contribution in [0.2, 0.25) is 0 Å². The zero-order valence-electron chi connectivity index (χ0n) is 36.6. The van der Waals surface area contributed by atoms with Crippen LogP contribution in [0.5, 0.6) is 0 Å². The fourth-order valence-electron chi connectivity index (χ4n) is 9.63. The second-order valence-electron chi connectivity index (χ2n) is 18.3. The van der Waals surface area contributed by atoms with E-state index in [0.717, 1.165) is 107 Å². The Kier molecular flexibility index (Phi) is 12.8. The lowest BCUT2D eigenvalue weighted by molar-refractivity contribution is -0.134. The van der Waals surface area contributed by atoms with E-state index in [9.17, 15) is 14.4 Å². The third-order valence-electron chi connectivity index (χ3n) is 13.5. The lowest BCUT2D eigenvalue weighted by Crippen LogP contribution is -2.47. The lowest BCUT2D eigenvalue weighted by atomic mass is 9.89. The van der Waals surface area contributed by atoms with Gasteiger partial charge in [0, 0.05) is 55.7 Å². The Balaban J connectivity index is 0.680. The van der Waals surface area contributed by atoms with Crippen LogP contribution in [0, 0.1) is 0 Å². The molecule has 3 amide bonds. The van der Waals surface area contributed by atoms with E-state index in [0.29, 0.717) is 59.1 Å². The molecule has 1 aromatic carbocycles. The Morgan fingerprint density at radius 3 is 2.30 bits per heavy atom. The van der Waals surface area contributed by atoms with Gasteiger partial charge in [0.25, 0.3) is 0 Å². The number of anilines is 2. The van der Waals surface area contributed by atoms with Crippen LogP contribution < -0.4 is 16.4 Å². The van der Waals surface area contributed by atoms with Crippen molar-refractivity contribution in [3.8, 4) is 22.6 Å². The van der Waals surface area contributed by atoms with E-state index in [1.807, 2.05) is 35.8 Å². The summed E-state index contributed by atoms with van der Waals surface area (Å²) in [5, 5.41) is 15.8. The van der Waals surface area contributed by atoms with Gasteiger partial charge in [0.15, 0.2) is 5.65 Å². The number of fused-ring (bicyclic) bond motifs is 1. The number of aromatic nitrogens is 7. The Hall–Kier alpha value is -5.77. The van der Waals surface area contributed by atoms with Crippen LogP contribution >= 0.6 is 0 Å². The molecule has 7 heterocycles. The fourth-order valence-corrected chi connectivity index (χ4v) is 9.63. The van der Waals surface area contributed by atoms with Crippen LogP contribution in [0.15, 0.2) is 47.5 Å². The van der Waals surface area contributed by atoms with Gasteiger partial charge in [-0.1, -0.05) is 36.6 Å². The Morgan fingerprint density at radius 2 is 1.59 bits per heavy atom. The normalized spacial score (nSPS) is 19.3. The molecule has 1 saturated carbocycles. The number of carbonyl (C=O) groups is 3. The number of nitrogen functional groups attached to an aromatic ring is 1. The molecule has 1 unspecified atom stereocenters. The first-order valence-corrected chi connectivity index (χ1v) is 23.2. The van der Waals surface area contributed by atoms with Crippen molar-refractivity contribution in [2.24, 2.45) is 0 Å². The maximum atomic E-state index is 13.2. The van der Waals surface area contributed by atoms with Crippen molar-refractivity contribution in [3.05, 3.63) is 60.0 Å². The molecule has 63 heavy (non-hydrogen) atoms. The molecule has 0 bridgehead atoms. The minimum absolute atomic E-state index is 0.0520. The van der Waals surface area contributed by atoms with Gasteiger partial charge in [0.05, 0.1) is 28.5 Å². The number of carbonyl (C=O) groups excluding carboxylic acids is 3. The molecule has 4 aliphatic rings. The van der Waals surface area contributed by atoms with Gasteiger partial charge >= 0.3 is 0 Å². The number of nitrogens with two attached hydrogens (primary N) is 1. The summed E-state index contributed by atoms with van der Waals surface area (Å²) in [6.45, 7) is 8.95. The number of unbranched alkanes of at least 4 members (excludes halogenated alkanes) is 4. The summed E-state index contributed by atoms with van der Waals surface area (Å²) >= 11 is 0. The quantitative estimate of drug-likeness (QED) is 0.0669. The molecular weight excluding hydrogens is 797 g/mol. The smallest absolute Gasteiger partial charge is 0.249 e. The molecule has 5 aromatic rings. The summed E-state index contributed by atoms with van der Waals surface area (Å²) < 4.78 is 7.82. The van der Waals surface area contributed by atoms with Crippen LogP contribution in [-0.2, 0) is 14.4 Å². The molecule has 16 nitrogen and oxygen atoms in total.